The van der Waals surface area contributed by atoms with E-state index in [1.165, 1.54) is 4.90 Å². The highest BCUT2D eigenvalue weighted by Crippen LogP contribution is 2.29. The minimum Gasteiger partial charge on any atom is -0.496 e. The second-order valence-corrected chi connectivity index (χ2v) is 8.63. The number of carbonyl (C=O) groups is 3. The number of rotatable bonds is 8. The van der Waals surface area contributed by atoms with Crippen LogP contribution in [0.5, 0.6) is 5.75 Å². The van der Waals surface area contributed by atoms with Crippen LogP contribution in [0, 0.1) is 18.3 Å². The Hall–Kier alpha value is -3.51. The van der Waals surface area contributed by atoms with Gasteiger partial charge in [0.15, 0.2) is 0 Å². The van der Waals surface area contributed by atoms with E-state index in [9.17, 15) is 14.4 Å². The van der Waals surface area contributed by atoms with Gasteiger partial charge in [-0.25, -0.2) is 0 Å². The molecule has 0 radical (unpaired) electrons. The van der Waals surface area contributed by atoms with Crippen molar-refractivity contribution in [1.29, 1.82) is 0 Å². The molecule has 180 valence electrons. The first kappa shape index (κ1) is 23.6. The molecule has 9 heteroatoms. The lowest BCUT2D eigenvalue weighted by Gasteiger charge is -2.25. The summed E-state index contributed by atoms with van der Waals surface area (Å²) in [6, 6.07) is 5.94. The summed E-state index contributed by atoms with van der Waals surface area (Å²) in [4.78, 5) is 43.3. The van der Waals surface area contributed by atoms with E-state index in [4.69, 9.17) is 15.9 Å². The molecular weight excluding hydrogens is 436 g/mol. The lowest BCUT2D eigenvalue weighted by molar-refractivity contribution is -0.126. The van der Waals surface area contributed by atoms with Crippen LogP contribution < -0.4 is 15.4 Å². The van der Waals surface area contributed by atoms with Crippen LogP contribution in [-0.4, -0.2) is 72.6 Å². The Morgan fingerprint density at radius 1 is 1.38 bits per heavy atom. The van der Waals surface area contributed by atoms with Gasteiger partial charge in [-0.05, 0) is 38.0 Å². The summed E-state index contributed by atoms with van der Waals surface area (Å²) in [5.74, 6) is 2.33. The van der Waals surface area contributed by atoms with Gasteiger partial charge in [-0.3, -0.25) is 14.4 Å². The van der Waals surface area contributed by atoms with Crippen LogP contribution >= 0.6 is 0 Å². The van der Waals surface area contributed by atoms with Crippen molar-refractivity contribution in [2.75, 3.05) is 26.8 Å². The quantitative estimate of drug-likeness (QED) is 0.510. The van der Waals surface area contributed by atoms with Gasteiger partial charge < -0.3 is 30.0 Å². The van der Waals surface area contributed by atoms with Gasteiger partial charge in [-0.1, -0.05) is 12.0 Å². The fourth-order valence-electron chi connectivity index (χ4n) is 4.79. The smallest absolute Gasteiger partial charge is 0.271 e. The van der Waals surface area contributed by atoms with Gasteiger partial charge in [0, 0.05) is 42.9 Å². The van der Waals surface area contributed by atoms with Crippen molar-refractivity contribution in [3.8, 4) is 18.1 Å². The fourth-order valence-corrected chi connectivity index (χ4v) is 4.79. The summed E-state index contributed by atoms with van der Waals surface area (Å²) >= 11 is 0. The number of aromatic amines is 1. The zero-order valence-corrected chi connectivity index (χ0v) is 19.4. The van der Waals surface area contributed by atoms with Crippen LogP contribution in [0.4, 0.5) is 0 Å². The molecule has 34 heavy (non-hydrogen) atoms. The van der Waals surface area contributed by atoms with E-state index < -0.39 is 12.1 Å². The van der Waals surface area contributed by atoms with E-state index >= 15 is 0 Å². The van der Waals surface area contributed by atoms with Crippen LogP contribution in [0.15, 0.2) is 24.3 Å². The molecular formula is C25H30N4O5. The molecule has 2 aromatic rings. The molecule has 2 fully saturated rings. The molecule has 3 amide bonds. The van der Waals surface area contributed by atoms with Crippen LogP contribution in [0.1, 0.15) is 36.7 Å². The minimum absolute atomic E-state index is 0.0437. The molecule has 3 N–H and O–H groups in total. The van der Waals surface area contributed by atoms with Gasteiger partial charge in [0.05, 0.1) is 19.3 Å². The van der Waals surface area contributed by atoms with Crippen molar-refractivity contribution in [3.63, 3.8) is 0 Å². The van der Waals surface area contributed by atoms with Crippen molar-refractivity contribution < 1.29 is 23.9 Å². The normalized spacial score (nSPS) is 22.9. The van der Waals surface area contributed by atoms with Gasteiger partial charge in [0.2, 0.25) is 11.8 Å². The van der Waals surface area contributed by atoms with E-state index in [0.717, 1.165) is 10.9 Å². The Bertz CT molecular complexity index is 1120. The largest absolute Gasteiger partial charge is 0.496 e. The third-order valence-electron chi connectivity index (χ3n) is 6.50. The minimum atomic E-state index is -0.731. The first-order chi connectivity index (χ1) is 16.4. The van der Waals surface area contributed by atoms with Crippen molar-refractivity contribution in [3.05, 3.63) is 30.0 Å². The van der Waals surface area contributed by atoms with Crippen LogP contribution in [0.2, 0.25) is 0 Å². The predicted octanol–water partition coefficient (Wildman–Crippen LogP) is 1.44. The number of amides is 3. The van der Waals surface area contributed by atoms with Gasteiger partial charge in [-0.2, -0.15) is 0 Å². The van der Waals surface area contributed by atoms with E-state index in [2.05, 4.69) is 21.5 Å². The van der Waals surface area contributed by atoms with Crippen molar-refractivity contribution in [2.24, 2.45) is 5.92 Å². The van der Waals surface area contributed by atoms with Gasteiger partial charge in [0.25, 0.3) is 5.91 Å². The summed E-state index contributed by atoms with van der Waals surface area (Å²) < 4.78 is 11.1. The maximum absolute atomic E-state index is 13.5. The lowest BCUT2D eigenvalue weighted by Crippen LogP contribution is -2.49. The summed E-state index contributed by atoms with van der Waals surface area (Å²) in [7, 11) is 1.58. The van der Waals surface area contributed by atoms with E-state index in [-0.39, 0.29) is 29.7 Å². The maximum Gasteiger partial charge on any atom is 0.271 e. The third kappa shape index (κ3) is 4.73. The third-order valence-corrected chi connectivity index (χ3v) is 6.50. The van der Waals surface area contributed by atoms with Gasteiger partial charge >= 0.3 is 0 Å². The average Bonchev–Trinajstić information content (AvgIpc) is 3.56. The number of nitrogens with one attached hydrogen (secondary N) is 3. The number of aromatic nitrogens is 1. The number of ether oxygens (including phenoxy) is 2. The van der Waals surface area contributed by atoms with E-state index in [1.54, 1.807) is 13.2 Å². The van der Waals surface area contributed by atoms with E-state index in [0.29, 0.717) is 50.4 Å². The Labute approximate surface area is 198 Å². The highest BCUT2D eigenvalue weighted by molar-refractivity contribution is 6.01. The summed E-state index contributed by atoms with van der Waals surface area (Å²) in [6.07, 6.45) is 6.83. The highest BCUT2D eigenvalue weighted by atomic mass is 16.5. The topological polar surface area (TPSA) is 113 Å². The number of H-pyrrole nitrogens is 1. The highest BCUT2D eigenvalue weighted by Gasteiger charge is 2.41. The number of carbonyl (C=O) groups excluding carboxylic acids is 3. The van der Waals surface area contributed by atoms with Crippen molar-refractivity contribution >= 4 is 28.6 Å². The Kier molecular flexibility index (Phi) is 7.08. The van der Waals surface area contributed by atoms with Crippen LogP contribution in [0.25, 0.3) is 10.9 Å². The van der Waals surface area contributed by atoms with Crippen LogP contribution in [-0.2, 0) is 14.3 Å². The van der Waals surface area contributed by atoms with Crippen molar-refractivity contribution in [2.45, 2.75) is 44.4 Å². The monoisotopic (exact) mass is 466 g/mol. The van der Waals surface area contributed by atoms with Gasteiger partial charge in [0.1, 0.15) is 17.5 Å². The molecule has 4 atom stereocenters. The maximum atomic E-state index is 13.5. The zero-order chi connectivity index (χ0) is 24.2. The molecule has 1 aromatic heterocycles. The second-order valence-electron chi connectivity index (χ2n) is 8.63. The standard InChI is InChI=1S/C25H30N4O5/c1-4-16(11-15-9-10-26-23(15)30)27-24(31)21-12-17(34-5-2)14-29(21)25(32)20-13-18-19(28-20)7-6-8-22(18)33-3/h1,6-8,13,15-17,21,28H,5,9-12,14H2,2-3H3,(H,26,30)(H,27,31)/t15-,16+,17+,21-/m0/s1. The number of methoxy groups -OCH3 is 1. The molecule has 1 aromatic carbocycles. The Morgan fingerprint density at radius 3 is 2.88 bits per heavy atom. The summed E-state index contributed by atoms with van der Waals surface area (Å²) in [6.45, 7) is 3.27. The molecule has 2 saturated heterocycles. The molecule has 2 aliphatic heterocycles. The molecule has 0 unspecified atom stereocenters. The molecule has 0 saturated carbocycles. The van der Waals surface area contributed by atoms with Crippen LogP contribution in [0.3, 0.4) is 0 Å². The summed E-state index contributed by atoms with van der Waals surface area (Å²) in [5.41, 5.74) is 1.14. The molecule has 4 rings (SSSR count). The number of fused-ring (bicyclic) bond motifs is 1. The SMILES string of the molecule is C#C[C@H](C[C@@H]1CCNC1=O)NC(=O)[C@@H]1C[C@@H](OCC)CN1C(=O)c1cc2c(OC)cccc2[nH]1. The number of terminal acetylenes is 1. The molecule has 9 nitrogen and oxygen atoms in total. The number of likely N-dealkylation sites (tertiary alicyclic amines) is 1. The molecule has 0 aliphatic carbocycles. The second kappa shape index (κ2) is 10.2. The number of nitrogens with zero attached hydrogens (tertiary/aromatic N) is 1. The van der Waals surface area contributed by atoms with E-state index in [1.807, 2.05) is 25.1 Å². The average molecular weight is 467 g/mol. The zero-order valence-electron chi connectivity index (χ0n) is 19.4. The number of hydrogen-bond donors (Lipinski definition) is 3. The Morgan fingerprint density at radius 2 is 2.21 bits per heavy atom. The Balaban J connectivity index is 1.53. The number of benzene rings is 1. The van der Waals surface area contributed by atoms with Gasteiger partial charge in [-0.15, -0.1) is 6.42 Å². The molecule has 0 spiro atoms. The van der Waals surface area contributed by atoms with Crippen molar-refractivity contribution in [1.82, 2.24) is 20.5 Å². The lowest BCUT2D eigenvalue weighted by atomic mass is 9.98. The fraction of sp³-hybridized carbons (Fsp3) is 0.480. The first-order valence-electron chi connectivity index (χ1n) is 11.6. The number of hydrogen-bond acceptors (Lipinski definition) is 5. The summed E-state index contributed by atoms with van der Waals surface area (Å²) in [5, 5.41) is 6.44. The molecule has 2 aliphatic rings. The molecule has 3 heterocycles. The molecule has 0 bridgehead atoms. The first-order valence-corrected chi connectivity index (χ1v) is 11.6. The predicted molar refractivity (Wildman–Crippen MR) is 126 cm³/mol.